The molecular weight excluding hydrogens is 394 g/mol. The highest BCUT2D eigenvalue weighted by molar-refractivity contribution is 5.77. The van der Waals surface area contributed by atoms with Crippen LogP contribution >= 0.6 is 0 Å². The molecule has 0 aliphatic carbocycles. The van der Waals surface area contributed by atoms with Gasteiger partial charge in [0.2, 0.25) is 0 Å². The maximum absolute atomic E-state index is 12.0. The van der Waals surface area contributed by atoms with E-state index in [0.717, 1.165) is 11.1 Å². The highest BCUT2D eigenvalue weighted by Gasteiger charge is 2.16. The molecule has 0 saturated heterocycles. The number of benzene rings is 2. The minimum absolute atomic E-state index is 0.0615. The number of aliphatic hydroxyl groups excluding tert-OH is 1. The van der Waals surface area contributed by atoms with Crippen molar-refractivity contribution in [1.82, 2.24) is 0 Å². The van der Waals surface area contributed by atoms with Gasteiger partial charge in [0.1, 0.15) is 23.4 Å². The van der Waals surface area contributed by atoms with Crippen LogP contribution < -0.4 is 15.2 Å². The molecule has 166 valence electrons. The lowest BCUT2D eigenvalue weighted by molar-refractivity contribution is -0.142. The van der Waals surface area contributed by atoms with Crippen LogP contribution in [-0.2, 0) is 22.5 Å². The van der Waals surface area contributed by atoms with Crippen molar-refractivity contribution in [2.45, 2.75) is 39.3 Å². The molecule has 6 heteroatoms. The summed E-state index contributed by atoms with van der Waals surface area (Å²) in [7, 11) is 1.57. The van der Waals surface area contributed by atoms with Crippen LogP contribution in [-0.4, -0.2) is 30.9 Å². The van der Waals surface area contributed by atoms with E-state index in [1.807, 2.05) is 37.3 Å². The average molecular weight is 426 g/mol. The molecule has 0 aliphatic rings. The molecule has 6 nitrogen and oxygen atoms in total. The molecule has 1 atom stereocenters. The summed E-state index contributed by atoms with van der Waals surface area (Å²) in [5.41, 5.74) is 8.76. The fourth-order valence-electron chi connectivity index (χ4n) is 3.09. The topological polar surface area (TPSA) is 91.0 Å². The number of esters is 1. The molecule has 0 radical (unpaired) electrons. The predicted molar refractivity (Wildman–Crippen MR) is 122 cm³/mol. The van der Waals surface area contributed by atoms with E-state index in [0.29, 0.717) is 42.2 Å². The van der Waals surface area contributed by atoms with Gasteiger partial charge in [-0.15, -0.1) is 0 Å². The number of hydrogen-bond donors (Lipinski definition) is 2. The summed E-state index contributed by atoms with van der Waals surface area (Å²) in [6.07, 6.45) is 2.16. The Hall–Kier alpha value is -3.25. The van der Waals surface area contributed by atoms with E-state index in [1.165, 1.54) is 0 Å². The second kappa shape index (κ2) is 11.8. The molecule has 2 aromatic carbocycles. The number of hydrogen-bond acceptors (Lipinski definition) is 6. The van der Waals surface area contributed by atoms with Crippen molar-refractivity contribution < 1.29 is 24.1 Å². The van der Waals surface area contributed by atoms with E-state index in [2.05, 4.69) is 6.58 Å². The van der Waals surface area contributed by atoms with Crippen LogP contribution in [0.4, 0.5) is 0 Å². The third-order valence-electron chi connectivity index (χ3n) is 4.73. The molecular formula is C25H31NO5. The number of allylic oxidation sites excluding steroid dienone is 1. The van der Waals surface area contributed by atoms with Crippen LogP contribution in [0.5, 0.6) is 11.5 Å². The summed E-state index contributed by atoms with van der Waals surface area (Å²) >= 11 is 0. The van der Waals surface area contributed by atoms with Crippen LogP contribution in [0.25, 0.3) is 5.57 Å². The Balaban J connectivity index is 2.39. The molecule has 0 heterocycles. The zero-order valence-corrected chi connectivity index (χ0v) is 18.4. The first kappa shape index (κ1) is 24.0. The number of nitrogens with two attached hydrogens (primary N) is 1. The van der Waals surface area contributed by atoms with Gasteiger partial charge in [-0.3, -0.25) is 4.79 Å². The Kier molecular flexibility index (Phi) is 9.15. The Morgan fingerprint density at radius 3 is 2.61 bits per heavy atom. The van der Waals surface area contributed by atoms with Crippen molar-refractivity contribution in [1.29, 1.82) is 0 Å². The molecule has 0 amide bonds. The first-order valence-electron chi connectivity index (χ1n) is 10.3. The standard InChI is InChI=1S/C25H31NO5/c1-5-21(14-23(17(3)27)19-9-7-8-18(12-19)16-26)31-24-15-22(29-4)11-10-20(24)13-25(28)30-6-2/h7-12,14-15,21,27H,3,5-6,13,16,26H2,1-2,4H3/b23-14+. The minimum Gasteiger partial charge on any atom is -0.508 e. The van der Waals surface area contributed by atoms with Crippen molar-refractivity contribution in [3.8, 4) is 11.5 Å². The van der Waals surface area contributed by atoms with Gasteiger partial charge in [-0.2, -0.15) is 0 Å². The molecule has 0 aromatic heterocycles. The van der Waals surface area contributed by atoms with Crippen molar-refractivity contribution in [3.63, 3.8) is 0 Å². The molecule has 2 aromatic rings. The quantitative estimate of drug-likeness (QED) is 0.311. The SMILES string of the molecule is C=C(O)/C(=C\C(CC)Oc1cc(OC)ccc1CC(=O)OCC)c1cccc(CN)c1. The van der Waals surface area contributed by atoms with Crippen LogP contribution in [0, 0.1) is 0 Å². The molecule has 0 spiro atoms. The van der Waals surface area contributed by atoms with Gasteiger partial charge in [-0.1, -0.05) is 37.8 Å². The van der Waals surface area contributed by atoms with Gasteiger partial charge in [0.25, 0.3) is 0 Å². The fourth-order valence-corrected chi connectivity index (χ4v) is 3.09. The first-order valence-corrected chi connectivity index (χ1v) is 10.3. The van der Waals surface area contributed by atoms with E-state index in [-0.39, 0.29) is 24.3 Å². The lowest BCUT2D eigenvalue weighted by Crippen LogP contribution is -2.16. The molecule has 0 bridgehead atoms. The Morgan fingerprint density at radius 1 is 1.23 bits per heavy atom. The maximum atomic E-state index is 12.0. The number of rotatable bonds is 11. The Labute approximate surface area is 183 Å². The molecule has 31 heavy (non-hydrogen) atoms. The number of carbonyl (C=O) groups is 1. The smallest absolute Gasteiger partial charge is 0.310 e. The minimum atomic E-state index is -0.381. The van der Waals surface area contributed by atoms with Gasteiger partial charge < -0.3 is 25.1 Å². The van der Waals surface area contributed by atoms with Gasteiger partial charge in [0.15, 0.2) is 0 Å². The van der Waals surface area contributed by atoms with E-state index in [1.54, 1.807) is 32.2 Å². The van der Waals surface area contributed by atoms with Gasteiger partial charge >= 0.3 is 5.97 Å². The highest BCUT2D eigenvalue weighted by atomic mass is 16.5. The summed E-state index contributed by atoms with van der Waals surface area (Å²) in [5, 5.41) is 10.2. The second-order valence-electron chi connectivity index (χ2n) is 6.95. The Bertz CT molecular complexity index is 935. The van der Waals surface area contributed by atoms with Crippen molar-refractivity contribution in [2.24, 2.45) is 5.73 Å². The third kappa shape index (κ3) is 6.89. The molecule has 0 aliphatic heterocycles. The van der Waals surface area contributed by atoms with E-state index in [9.17, 15) is 9.90 Å². The third-order valence-corrected chi connectivity index (χ3v) is 4.73. The van der Waals surface area contributed by atoms with Gasteiger partial charge in [0.05, 0.1) is 20.1 Å². The second-order valence-corrected chi connectivity index (χ2v) is 6.95. The summed E-state index contributed by atoms with van der Waals surface area (Å²) in [6.45, 7) is 8.16. The predicted octanol–water partition coefficient (Wildman–Crippen LogP) is 4.57. The van der Waals surface area contributed by atoms with Crippen LogP contribution in [0.1, 0.15) is 37.0 Å². The van der Waals surface area contributed by atoms with Gasteiger partial charge in [-0.25, -0.2) is 0 Å². The van der Waals surface area contributed by atoms with E-state index < -0.39 is 0 Å². The van der Waals surface area contributed by atoms with Crippen LogP contribution in [0.3, 0.4) is 0 Å². The largest absolute Gasteiger partial charge is 0.508 e. The summed E-state index contributed by atoms with van der Waals surface area (Å²) in [4.78, 5) is 12.0. The monoisotopic (exact) mass is 425 g/mol. The Morgan fingerprint density at radius 2 is 2.00 bits per heavy atom. The zero-order valence-electron chi connectivity index (χ0n) is 18.4. The lowest BCUT2D eigenvalue weighted by Gasteiger charge is -2.19. The van der Waals surface area contributed by atoms with E-state index >= 15 is 0 Å². The number of carbonyl (C=O) groups excluding carboxylic acids is 1. The molecule has 0 fully saturated rings. The van der Waals surface area contributed by atoms with Crippen molar-refractivity contribution >= 4 is 11.5 Å². The number of aliphatic hydroxyl groups is 1. The zero-order chi connectivity index (χ0) is 22.8. The first-order chi connectivity index (χ1) is 14.9. The molecule has 0 saturated carbocycles. The molecule has 1 unspecified atom stereocenters. The lowest BCUT2D eigenvalue weighted by atomic mass is 9.99. The van der Waals surface area contributed by atoms with Crippen molar-refractivity contribution in [2.75, 3.05) is 13.7 Å². The number of ether oxygens (including phenoxy) is 3. The molecule has 3 N–H and O–H groups in total. The van der Waals surface area contributed by atoms with Crippen LogP contribution in [0.2, 0.25) is 0 Å². The normalized spacial score (nSPS) is 12.2. The highest BCUT2D eigenvalue weighted by Crippen LogP contribution is 2.29. The summed E-state index contributed by atoms with van der Waals surface area (Å²) in [5.74, 6) is 0.746. The summed E-state index contributed by atoms with van der Waals surface area (Å²) < 4.78 is 16.6. The van der Waals surface area contributed by atoms with E-state index in [4.69, 9.17) is 19.9 Å². The average Bonchev–Trinajstić information content (AvgIpc) is 2.77. The van der Waals surface area contributed by atoms with Gasteiger partial charge in [0, 0.05) is 23.7 Å². The summed E-state index contributed by atoms with van der Waals surface area (Å²) in [6, 6.07) is 12.9. The molecule has 2 rings (SSSR count). The van der Waals surface area contributed by atoms with Crippen molar-refractivity contribution in [3.05, 3.63) is 77.6 Å². The fraction of sp³-hybridized carbons (Fsp3) is 0.320. The van der Waals surface area contributed by atoms with Crippen LogP contribution in [0.15, 0.2) is 60.9 Å². The van der Waals surface area contributed by atoms with Gasteiger partial charge in [-0.05, 0) is 42.7 Å². The number of methoxy groups -OCH3 is 1. The maximum Gasteiger partial charge on any atom is 0.310 e.